The molecule has 0 aromatic carbocycles. The highest BCUT2D eigenvalue weighted by molar-refractivity contribution is 5.84. The first-order chi connectivity index (χ1) is 17.6. The van der Waals surface area contributed by atoms with Gasteiger partial charge >= 0.3 is 0 Å². The minimum absolute atomic E-state index is 0.0170. The first kappa shape index (κ1) is 25.0. The van der Waals surface area contributed by atoms with Gasteiger partial charge in [0.25, 0.3) is 6.43 Å². The molecule has 1 N–H and O–H groups in total. The van der Waals surface area contributed by atoms with Crippen LogP contribution in [0.2, 0.25) is 0 Å². The van der Waals surface area contributed by atoms with Crippen LogP contribution >= 0.6 is 0 Å². The van der Waals surface area contributed by atoms with Crippen LogP contribution in [-0.4, -0.2) is 61.8 Å². The van der Waals surface area contributed by atoms with Crippen LogP contribution in [0.3, 0.4) is 0 Å². The molecule has 2 atom stereocenters. The zero-order valence-electron chi connectivity index (χ0n) is 21.0. The highest BCUT2D eigenvalue weighted by Gasteiger charge is 2.56. The third-order valence-electron chi connectivity index (χ3n) is 7.40. The number of anilines is 1. The molecule has 1 saturated heterocycles. The number of rotatable bonds is 7. The van der Waals surface area contributed by atoms with Gasteiger partial charge in [0.05, 0.1) is 31.0 Å². The summed E-state index contributed by atoms with van der Waals surface area (Å²) in [6.45, 7) is 4.52. The van der Waals surface area contributed by atoms with Gasteiger partial charge in [0.2, 0.25) is 11.8 Å². The molecule has 1 aliphatic heterocycles. The summed E-state index contributed by atoms with van der Waals surface area (Å²) >= 11 is 0. The van der Waals surface area contributed by atoms with Gasteiger partial charge in [-0.05, 0) is 38.8 Å². The van der Waals surface area contributed by atoms with Gasteiger partial charge in [0.15, 0.2) is 11.6 Å². The van der Waals surface area contributed by atoms with E-state index < -0.39 is 24.0 Å². The lowest BCUT2D eigenvalue weighted by molar-refractivity contribution is -0.131. The van der Waals surface area contributed by atoms with Crippen LogP contribution in [-0.2, 0) is 11.8 Å². The van der Waals surface area contributed by atoms with Crippen molar-refractivity contribution in [2.45, 2.75) is 45.1 Å². The number of ether oxygens (including phenoxy) is 1. The number of hydrogen-bond acceptors (Lipinski definition) is 7. The third kappa shape index (κ3) is 4.60. The van der Waals surface area contributed by atoms with Crippen LogP contribution in [0.4, 0.5) is 19.0 Å². The minimum Gasteiger partial charge on any atom is -0.481 e. The summed E-state index contributed by atoms with van der Waals surface area (Å²) in [5.41, 5.74) is 1.38. The van der Waals surface area contributed by atoms with Crippen LogP contribution in [0.5, 0.6) is 5.88 Å². The Morgan fingerprint density at radius 2 is 2.03 bits per heavy atom. The number of aryl methyl sites for hydroxylation is 2. The van der Waals surface area contributed by atoms with Crippen molar-refractivity contribution in [2.24, 2.45) is 12.5 Å². The fourth-order valence-electron chi connectivity index (χ4n) is 5.04. The second-order valence-electron chi connectivity index (χ2n) is 9.80. The Balaban J connectivity index is 1.31. The number of halogens is 3. The Labute approximate surface area is 212 Å². The normalized spacial score (nSPS) is 18.9. The summed E-state index contributed by atoms with van der Waals surface area (Å²) in [5.74, 6) is -0.712. The topological polar surface area (TPSA) is 98.1 Å². The molecule has 2 aliphatic rings. The number of nitrogens with zero attached hydrogens (tertiary/aromatic N) is 6. The second kappa shape index (κ2) is 9.31. The van der Waals surface area contributed by atoms with E-state index in [1.807, 2.05) is 0 Å². The summed E-state index contributed by atoms with van der Waals surface area (Å²) in [4.78, 5) is 27.5. The second-order valence-corrected chi connectivity index (χ2v) is 9.80. The number of carbonyl (C=O) groups is 1. The van der Waals surface area contributed by atoms with Gasteiger partial charge in [0, 0.05) is 42.7 Å². The molecule has 37 heavy (non-hydrogen) atoms. The van der Waals surface area contributed by atoms with Crippen LogP contribution in [0, 0.1) is 18.2 Å². The largest absolute Gasteiger partial charge is 0.481 e. The number of alkyl halides is 2. The molecule has 0 bridgehead atoms. The number of aromatic nitrogens is 5. The Morgan fingerprint density at radius 3 is 2.65 bits per heavy atom. The molecule has 1 spiro atoms. The lowest BCUT2D eigenvalue weighted by Crippen LogP contribution is -2.34. The number of hydrogen-bond donors (Lipinski definition) is 1. The van der Waals surface area contributed by atoms with E-state index in [9.17, 15) is 18.0 Å². The number of amides is 1. The van der Waals surface area contributed by atoms with Gasteiger partial charge in [-0.15, -0.1) is 0 Å². The maximum Gasteiger partial charge on any atom is 0.297 e. The Bertz CT molecular complexity index is 1340. The predicted octanol–water partition coefficient (Wildman–Crippen LogP) is 3.87. The van der Waals surface area contributed by atoms with E-state index in [2.05, 4.69) is 25.4 Å². The average Bonchev–Trinajstić information content (AvgIpc) is 3.41. The van der Waals surface area contributed by atoms with Crippen molar-refractivity contribution in [3.05, 3.63) is 47.3 Å². The van der Waals surface area contributed by atoms with Crippen molar-refractivity contribution in [2.75, 3.05) is 25.5 Å². The molecule has 3 aromatic rings. The molecule has 1 amide bonds. The van der Waals surface area contributed by atoms with Crippen LogP contribution in [0.15, 0.2) is 24.4 Å². The zero-order valence-corrected chi connectivity index (χ0v) is 21.0. The first-order valence-corrected chi connectivity index (χ1v) is 12.0. The standard InChI is InChI=1S/C25H28F3N7O2/c1-13(16-9-20(37-4)29-10-17(16)26)24(36)35-11-18(25(12-35)7-8-25)31-19-6-5-15(14(2)30-19)22-32-23(21(27)28)34(3)33-22/h5-6,9-10,13,18,21H,7-8,11-12H2,1-4H3,(H,30,31)/t13?,18-/m1/s1. The van der Waals surface area contributed by atoms with E-state index in [1.165, 1.54) is 20.2 Å². The molecule has 4 heterocycles. The quantitative estimate of drug-likeness (QED) is 0.510. The molecule has 0 radical (unpaired) electrons. The molecule has 9 nitrogen and oxygen atoms in total. The maximum atomic E-state index is 14.4. The Kier molecular flexibility index (Phi) is 6.28. The number of methoxy groups -OCH3 is 1. The number of pyridine rings is 2. The number of nitrogens with one attached hydrogen (secondary N) is 1. The summed E-state index contributed by atoms with van der Waals surface area (Å²) in [6, 6.07) is 4.97. The SMILES string of the molecule is COc1cc(C(C)C(=O)N2C[C@@H](Nc3ccc(-c4nc(C(F)F)n(C)n4)c(C)n3)C3(CC3)C2)c(F)cn1. The van der Waals surface area contributed by atoms with E-state index in [1.54, 1.807) is 30.9 Å². The lowest BCUT2D eigenvalue weighted by Gasteiger charge is -2.22. The molecule has 5 rings (SSSR count). The monoisotopic (exact) mass is 515 g/mol. The highest BCUT2D eigenvalue weighted by Crippen LogP contribution is 2.54. The van der Waals surface area contributed by atoms with Gasteiger partial charge in [-0.1, -0.05) is 0 Å². The van der Waals surface area contributed by atoms with Crippen molar-refractivity contribution in [3.8, 4) is 17.3 Å². The first-order valence-electron chi connectivity index (χ1n) is 12.0. The molecule has 2 fully saturated rings. The van der Waals surface area contributed by atoms with Crippen molar-refractivity contribution in [3.63, 3.8) is 0 Å². The maximum absolute atomic E-state index is 14.4. The number of carbonyl (C=O) groups excluding carboxylic acids is 1. The average molecular weight is 516 g/mol. The highest BCUT2D eigenvalue weighted by atomic mass is 19.3. The summed E-state index contributed by atoms with van der Waals surface area (Å²) in [5, 5.41) is 7.57. The Hall–Kier alpha value is -3.70. The molecule has 12 heteroatoms. The summed E-state index contributed by atoms with van der Waals surface area (Å²) in [6.07, 6.45) is 0.307. The minimum atomic E-state index is -2.72. The van der Waals surface area contributed by atoms with Gasteiger partial charge in [-0.25, -0.2) is 32.8 Å². The van der Waals surface area contributed by atoms with E-state index in [0.29, 0.717) is 30.2 Å². The van der Waals surface area contributed by atoms with Crippen molar-refractivity contribution in [1.29, 1.82) is 0 Å². The van der Waals surface area contributed by atoms with Gasteiger partial charge in [0.1, 0.15) is 11.6 Å². The van der Waals surface area contributed by atoms with Crippen LogP contribution < -0.4 is 10.1 Å². The molecular formula is C25H28F3N7O2. The van der Waals surface area contributed by atoms with Crippen molar-refractivity contribution >= 4 is 11.7 Å². The van der Waals surface area contributed by atoms with Gasteiger partial charge in [-0.3, -0.25) is 4.79 Å². The molecule has 1 aliphatic carbocycles. The molecule has 196 valence electrons. The molecular weight excluding hydrogens is 487 g/mol. The smallest absolute Gasteiger partial charge is 0.297 e. The third-order valence-corrected chi connectivity index (χ3v) is 7.40. The van der Waals surface area contributed by atoms with E-state index in [4.69, 9.17) is 4.74 Å². The molecule has 3 aromatic heterocycles. The van der Waals surface area contributed by atoms with Crippen LogP contribution in [0.1, 0.15) is 49.2 Å². The van der Waals surface area contributed by atoms with Crippen molar-refractivity contribution in [1.82, 2.24) is 29.6 Å². The van der Waals surface area contributed by atoms with E-state index in [0.717, 1.165) is 23.7 Å². The molecule has 1 saturated carbocycles. The fraction of sp³-hybridized carbons (Fsp3) is 0.480. The predicted molar refractivity (Wildman–Crippen MR) is 129 cm³/mol. The van der Waals surface area contributed by atoms with E-state index in [-0.39, 0.29) is 34.6 Å². The summed E-state index contributed by atoms with van der Waals surface area (Å²) < 4.78 is 46.8. The Morgan fingerprint density at radius 1 is 1.27 bits per heavy atom. The van der Waals surface area contributed by atoms with Gasteiger partial charge in [-0.2, -0.15) is 5.10 Å². The van der Waals surface area contributed by atoms with Gasteiger partial charge < -0.3 is 15.0 Å². The van der Waals surface area contributed by atoms with Crippen molar-refractivity contribution < 1.29 is 22.7 Å². The van der Waals surface area contributed by atoms with E-state index >= 15 is 0 Å². The summed E-state index contributed by atoms with van der Waals surface area (Å²) in [7, 11) is 2.87. The molecule has 1 unspecified atom stereocenters. The number of likely N-dealkylation sites (tertiary alicyclic amines) is 1. The van der Waals surface area contributed by atoms with Crippen LogP contribution in [0.25, 0.3) is 11.4 Å². The fourth-order valence-corrected chi connectivity index (χ4v) is 5.04. The lowest BCUT2D eigenvalue weighted by atomic mass is 10.00. The zero-order chi connectivity index (χ0) is 26.5.